The van der Waals surface area contributed by atoms with E-state index in [1.165, 1.54) is 18.3 Å². The van der Waals surface area contributed by atoms with Gasteiger partial charge in [-0.25, -0.2) is 22.9 Å². The van der Waals surface area contributed by atoms with Crippen LogP contribution >= 0.6 is 15.9 Å². The highest BCUT2D eigenvalue weighted by Crippen LogP contribution is 2.20. The van der Waals surface area contributed by atoms with Gasteiger partial charge in [-0.3, -0.25) is 0 Å². The van der Waals surface area contributed by atoms with Crippen molar-refractivity contribution < 1.29 is 12.8 Å². The molecule has 1 aromatic carbocycles. The molecule has 0 atom stereocenters. The highest BCUT2D eigenvalue weighted by Gasteiger charge is 2.15. The van der Waals surface area contributed by atoms with Crippen LogP contribution in [0.4, 0.5) is 4.39 Å². The predicted octanol–water partition coefficient (Wildman–Crippen LogP) is 1.79. The van der Waals surface area contributed by atoms with Crippen LogP contribution in [0.1, 0.15) is 11.4 Å². The highest BCUT2D eigenvalue weighted by molar-refractivity contribution is 9.10. The van der Waals surface area contributed by atoms with Gasteiger partial charge in [-0.2, -0.15) is 0 Å². The molecule has 0 unspecified atom stereocenters. The third-order valence-corrected chi connectivity index (χ3v) is 4.15. The fourth-order valence-electron chi connectivity index (χ4n) is 1.62. The molecule has 0 saturated carbocycles. The van der Waals surface area contributed by atoms with Gasteiger partial charge in [-0.1, -0.05) is 15.9 Å². The SMILES string of the molecule is Cc1nc(S(N)(=O)=O)cn1Cc1cc(F)ccc1Br. The number of aromatic nitrogens is 2. The molecule has 0 aliphatic heterocycles. The molecule has 5 nitrogen and oxygen atoms in total. The number of nitrogens with zero attached hydrogens (tertiary/aromatic N) is 2. The van der Waals surface area contributed by atoms with E-state index in [9.17, 15) is 12.8 Å². The van der Waals surface area contributed by atoms with Crippen LogP contribution in [-0.4, -0.2) is 18.0 Å². The minimum Gasteiger partial charge on any atom is -0.329 e. The van der Waals surface area contributed by atoms with Crippen molar-refractivity contribution in [1.29, 1.82) is 0 Å². The van der Waals surface area contributed by atoms with E-state index >= 15 is 0 Å². The Labute approximate surface area is 118 Å². The summed E-state index contributed by atoms with van der Waals surface area (Å²) in [5.41, 5.74) is 0.682. The zero-order valence-corrected chi connectivity index (χ0v) is 12.4. The van der Waals surface area contributed by atoms with Gasteiger partial charge in [0, 0.05) is 17.2 Å². The van der Waals surface area contributed by atoms with E-state index in [0.717, 1.165) is 4.47 Å². The molecule has 2 rings (SSSR count). The highest BCUT2D eigenvalue weighted by atomic mass is 79.9. The van der Waals surface area contributed by atoms with Gasteiger partial charge in [0.2, 0.25) is 0 Å². The lowest BCUT2D eigenvalue weighted by atomic mass is 10.2. The van der Waals surface area contributed by atoms with E-state index < -0.39 is 10.0 Å². The summed E-state index contributed by atoms with van der Waals surface area (Å²) < 4.78 is 37.9. The number of halogens is 2. The van der Waals surface area contributed by atoms with Gasteiger partial charge < -0.3 is 4.57 Å². The minimum absolute atomic E-state index is 0.197. The number of rotatable bonds is 3. The largest absolute Gasteiger partial charge is 0.329 e. The number of hydrogen-bond donors (Lipinski definition) is 1. The number of aryl methyl sites for hydroxylation is 1. The van der Waals surface area contributed by atoms with Crippen molar-refractivity contribution in [2.45, 2.75) is 18.5 Å². The van der Waals surface area contributed by atoms with Gasteiger partial charge in [0.25, 0.3) is 10.0 Å². The van der Waals surface area contributed by atoms with E-state index in [4.69, 9.17) is 5.14 Å². The quantitative estimate of drug-likeness (QED) is 0.919. The van der Waals surface area contributed by atoms with E-state index in [-0.39, 0.29) is 10.8 Å². The average molecular weight is 348 g/mol. The molecule has 19 heavy (non-hydrogen) atoms. The molecule has 8 heteroatoms. The first-order chi connectivity index (χ1) is 8.77. The summed E-state index contributed by atoms with van der Waals surface area (Å²) in [5, 5.41) is 4.82. The number of benzene rings is 1. The van der Waals surface area contributed by atoms with Crippen molar-refractivity contribution in [3.63, 3.8) is 0 Å². The summed E-state index contributed by atoms with van der Waals surface area (Å²) in [6.07, 6.45) is 1.34. The zero-order chi connectivity index (χ0) is 14.2. The average Bonchev–Trinajstić information content (AvgIpc) is 2.65. The third kappa shape index (κ3) is 3.20. The normalized spacial score (nSPS) is 11.8. The third-order valence-electron chi connectivity index (χ3n) is 2.59. The van der Waals surface area contributed by atoms with Crippen LogP contribution < -0.4 is 5.14 Å². The standard InChI is InChI=1S/C11H11BrFN3O2S/c1-7-15-11(19(14,17)18)6-16(7)5-8-4-9(13)2-3-10(8)12/h2-4,6H,5H2,1H3,(H2,14,17,18). The number of sulfonamides is 1. The Kier molecular flexibility index (Phi) is 3.75. The summed E-state index contributed by atoms with van der Waals surface area (Å²) >= 11 is 3.32. The lowest BCUT2D eigenvalue weighted by Crippen LogP contribution is -2.12. The first-order valence-corrected chi connectivity index (χ1v) is 7.62. The van der Waals surface area contributed by atoms with Gasteiger partial charge in [-0.05, 0) is 30.7 Å². The van der Waals surface area contributed by atoms with Gasteiger partial charge in [0.15, 0.2) is 5.03 Å². The Morgan fingerprint density at radius 1 is 1.47 bits per heavy atom. The van der Waals surface area contributed by atoms with Crippen molar-refractivity contribution >= 4 is 26.0 Å². The number of nitrogens with two attached hydrogens (primary N) is 1. The molecule has 0 radical (unpaired) electrons. The van der Waals surface area contributed by atoms with Crippen molar-refractivity contribution in [3.05, 3.63) is 46.1 Å². The molecular formula is C11H11BrFN3O2S. The Balaban J connectivity index is 2.39. The zero-order valence-electron chi connectivity index (χ0n) is 9.97. The van der Waals surface area contributed by atoms with E-state index in [2.05, 4.69) is 20.9 Å². The van der Waals surface area contributed by atoms with Gasteiger partial charge in [0.1, 0.15) is 11.6 Å². The van der Waals surface area contributed by atoms with Crippen LogP contribution in [0, 0.1) is 12.7 Å². The van der Waals surface area contributed by atoms with Crippen molar-refractivity contribution in [1.82, 2.24) is 9.55 Å². The van der Waals surface area contributed by atoms with Gasteiger partial charge in [-0.15, -0.1) is 0 Å². The predicted molar refractivity (Wildman–Crippen MR) is 71.5 cm³/mol. The minimum atomic E-state index is -3.83. The van der Waals surface area contributed by atoms with Crippen molar-refractivity contribution in [2.75, 3.05) is 0 Å². The topological polar surface area (TPSA) is 78.0 Å². The number of primary sulfonamides is 1. The molecule has 0 aliphatic carbocycles. The summed E-state index contributed by atoms with van der Waals surface area (Å²) in [6.45, 7) is 1.95. The Morgan fingerprint density at radius 2 is 2.16 bits per heavy atom. The van der Waals surface area contributed by atoms with Gasteiger partial charge >= 0.3 is 0 Å². The van der Waals surface area contributed by atoms with Crippen LogP contribution in [0.25, 0.3) is 0 Å². The molecule has 1 aromatic heterocycles. The lowest BCUT2D eigenvalue weighted by molar-refractivity contribution is 0.594. The second kappa shape index (κ2) is 5.03. The maximum Gasteiger partial charge on any atom is 0.257 e. The van der Waals surface area contributed by atoms with Crippen LogP contribution in [-0.2, 0) is 16.6 Å². The Bertz CT molecular complexity index is 728. The fourth-order valence-corrected chi connectivity index (χ4v) is 2.53. The van der Waals surface area contributed by atoms with Crippen LogP contribution in [0.2, 0.25) is 0 Å². The Hall–Kier alpha value is -1.25. The first kappa shape index (κ1) is 14.2. The molecule has 0 bridgehead atoms. The monoisotopic (exact) mass is 347 g/mol. The van der Waals surface area contributed by atoms with E-state index in [0.29, 0.717) is 17.9 Å². The van der Waals surface area contributed by atoms with Crippen LogP contribution in [0.15, 0.2) is 33.9 Å². The van der Waals surface area contributed by atoms with Gasteiger partial charge in [0.05, 0.1) is 0 Å². The summed E-state index contributed by atoms with van der Waals surface area (Å²) in [5.74, 6) is 0.128. The van der Waals surface area contributed by atoms with E-state index in [1.807, 2.05) is 0 Å². The molecule has 0 aliphatic rings. The second-order valence-corrected chi connectivity index (χ2v) is 6.40. The molecule has 0 saturated heterocycles. The number of hydrogen-bond acceptors (Lipinski definition) is 3. The maximum absolute atomic E-state index is 13.2. The molecule has 1 heterocycles. The molecule has 2 aromatic rings. The summed E-state index contributed by atoms with van der Waals surface area (Å²) in [6, 6.07) is 4.31. The second-order valence-electron chi connectivity index (χ2n) is 4.03. The maximum atomic E-state index is 13.2. The fraction of sp³-hybridized carbons (Fsp3) is 0.182. The molecule has 0 fully saturated rings. The molecule has 2 N–H and O–H groups in total. The van der Waals surface area contributed by atoms with Crippen molar-refractivity contribution in [2.24, 2.45) is 5.14 Å². The lowest BCUT2D eigenvalue weighted by Gasteiger charge is -2.07. The first-order valence-electron chi connectivity index (χ1n) is 5.28. The molecular weight excluding hydrogens is 337 g/mol. The van der Waals surface area contributed by atoms with Crippen LogP contribution in [0.3, 0.4) is 0 Å². The number of imidazole rings is 1. The van der Waals surface area contributed by atoms with Crippen LogP contribution in [0.5, 0.6) is 0 Å². The summed E-state index contributed by atoms with van der Waals surface area (Å²) in [7, 11) is -3.83. The molecule has 0 spiro atoms. The van der Waals surface area contributed by atoms with E-state index in [1.54, 1.807) is 17.6 Å². The van der Waals surface area contributed by atoms with Crippen molar-refractivity contribution in [3.8, 4) is 0 Å². The summed E-state index contributed by atoms with van der Waals surface area (Å²) in [4.78, 5) is 3.87. The molecule has 0 amide bonds. The Morgan fingerprint density at radius 3 is 2.74 bits per heavy atom. The molecule has 102 valence electrons. The smallest absolute Gasteiger partial charge is 0.257 e.